The second kappa shape index (κ2) is 11.2. The van der Waals surface area contributed by atoms with Crippen molar-refractivity contribution in [1.29, 1.82) is 0 Å². The third-order valence-electron chi connectivity index (χ3n) is 6.10. The van der Waals surface area contributed by atoms with Gasteiger partial charge in [0, 0.05) is 37.9 Å². The van der Waals surface area contributed by atoms with Crippen LogP contribution < -0.4 is 14.8 Å². The number of nitrogens with zero attached hydrogens (tertiary/aromatic N) is 3. The largest absolute Gasteiger partial charge is 0.491 e. The van der Waals surface area contributed by atoms with E-state index in [1.807, 2.05) is 51.2 Å². The molecule has 0 aliphatic carbocycles. The summed E-state index contributed by atoms with van der Waals surface area (Å²) in [5.74, 6) is 1.06. The van der Waals surface area contributed by atoms with Gasteiger partial charge in [0.1, 0.15) is 11.7 Å². The van der Waals surface area contributed by atoms with E-state index in [1.165, 1.54) is 0 Å². The highest BCUT2D eigenvalue weighted by molar-refractivity contribution is 5.68. The number of aromatic nitrogens is 2. The zero-order chi connectivity index (χ0) is 24.8. The van der Waals surface area contributed by atoms with Gasteiger partial charge >= 0.3 is 6.09 Å². The lowest BCUT2D eigenvalue weighted by atomic mass is 9.99. The molecule has 0 radical (unpaired) electrons. The van der Waals surface area contributed by atoms with Gasteiger partial charge in [-0.1, -0.05) is 6.07 Å². The van der Waals surface area contributed by atoms with Gasteiger partial charge in [0.05, 0.1) is 32.1 Å². The van der Waals surface area contributed by atoms with Crippen LogP contribution in [0.25, 0.3) is 0 Å². The van der Waals surface area contributed by atoms with Gasteiger partial charge in [0.25, 0.3) is 5.88 Å². The number of nitrogens with one attached hydrogen (secondary N) is 1. The Morgan fingerprint density at radius 1 is 1.20 bits per heavy atom. The van der Waals surface area contributed by atoms with Crippen molar-refractivity contribution in [2.75, 3.05) is 33.4 Å². The van der Waals surface area contributed by atoms with E-state index in [-0.39, 0.29) is 24.3 Å². The van der Waals surface area contributed by atoms with E-state index in [1.54, 1.807) is 18.2 Å². The van der Waals surface area contributed by atoms with Crippen LogP contribution in [0.1, 0.15) is 57.3 Å². The fourth-order valence-corrected chi connectivity index (χ4v) is 4.30. The van der Waals surface area contributed by atoms with Gasteiger partial charge in [-0.3, -0.25) is 4.98 Å². The van der Waals surface area contributed by atoms with Crippen LogP contribution in [0, 0.1) is 0 Å². The third kappa shape index (κ3) is 6.82. The number of hydrogen-bond acceptors (Lipinski definition) is 8. The van der Waals surface area contributed by atoms with Gasteiger partial charge in [-0.15, -0.1) is 0 Å². The Labute approximate surface area is 207 Å². The predicted molar refractivity (Wildman–Crippen MR) is 131 cm³/mol. The quantitative estimate of drug-likeness (QED) is 0.635. The number of likely N-dealkylation sites (tertiary alicyclic amines) is 1. The number of rotatable bonds is 7. The molecule has 4 heterocycles. The normalized spacial score (nSPS) is 19.9. The molecule has 2 aromatic heterocycles. The lowest BCUT2D eigenvalue weighted by Crippen LogP contribution is -2.47. The molecule has 2 aliphatic heterocycles. The first kappa shape index (κ1) is 25.2. The van der Waals surface area contributed by atoms with Gasteiger partial charge < -0.3 is 29.2 Å². The summed E-state index contributed by atoms with van der Waals surface area (Å²) < 4.78 is 22.6. The van der Waals surface area contributed by atoms with Crippen LogP contribution in [-0.2, 0) is 9.47 Å². The molecule has 35 heavy (non-hydrogen) atoms. The molecule has 2 aliphatic rings. The monoisotopic (exact) mass is 484 g/mol. The number of carbonyl (C=O) groups excluding carboxylic acids is 1. The van der Waals surface area contributed by atoms with E-state index in [0.29, 0.717) is 37.9 Å². The number of methoxy groups -OCH3 is 1. The highest BCUT2D eigenvalue weighted by Gasteiger charge is 2.29. The minimum Gasteiger partial charge on any atom is -0.491 e. The molecule has 4 rings (SSSR count). The van der Waals surface area contributed by atoms with Crippen LogP contribution in [0.2, 0.25) is 0 Å². The maximum atomic E-state index is 12.5. The van der Waals surface area contributed by atoms with Crippen LogP contribution in [0.3, 0.4) is 0 Å². The summed E-state index contributed by atoms with van der Waals surface area (Å²) in [5, 5.41) is 3.75. The smallest absolute Gasteiger partial charge is 0.410 e. The summed E-state index contributed by atoms with van der Waals surface area (Å²) in [6.07, 6.45) is 5.78. The van der Waals surface area contributed by atoms with E-state index in [4.69, 9.17) is 23.9 Å². The second-order valence-corrected chi connectivity index (χ2v) is 9.97. The minimum atomic E-state index is -0.498. The topological polar surface area (TPSA) is 95.0 Å². The van der Waals surface area contributed by atoms with Crippen LogP contribution in [0.15, 0.2) is 36.7 Å². The summed E-state index contributed by atoms with van der Waals surface area (Å²) >= 11 is 0. The number of ether oxygens (including phenoxy) is 4. The Bertz CT molecular complexity index is 967. The van der Waals surface area contributed by atoms with E-state index in [2.05, 4.69) is 10.3 Å². The SMILES string of the molecule is COc1ccc(C(NC2CCN(C(=O)OC(C)(C)C)CC2)c2cccnc2)nc1O[C@@H]1CCOC1. The van der Waals surface area contributed by atoms with E-state index < -0.39 is 5.60 Å². The predicted octanol–water partition coefficient (Wildman–Crippen LogP) is 3.73. The number of carbonyl (C=O) groups is 1. The first-order valence-corrected chi connectivity index (χ1v) is 12.3. The van der Waals surface area contributed by atoms with Crippen molar-refractivity contribution >= 4 is 6.09 Å². The average molecular weight is 485 g/mol. The maximum Gasteiger partial charge on any atom is 0.410 e. The molecular weight excluding hydrogens is 448 g/mol. The van der Waals surface area contributed by atoms with Crippen LogP contribution in [0.5, 0.6) is 11.6 Å². The molecule has 2 aromatic rings. The van der Waals surface area contributed by atoms with Crippen molar-refractivity contribution in [1.82, 2.24) is 20.2 Å². The lowest BCUT2D eigenvalue weighted by Gasteiger charge is -2.35. The van der Waals surface area contributed by atoms with E-state index >= 15 is 0 Å². The summed E-state index contributed by atoms with van der Waals surface area (Å²) in [7, 11) is 1.62. The zero-order valence-electron chi connectivity index (χ0n) is 21.0. The van der Waals surface area contributed by atoms with Crippen molar-refractivity contribution in [3.05, 3.63) is 47.9 Å². The molecular formula is C26H36N4O5. The van der Waals surface area contributed by atoms with Crippen LogP contribution >= 0.6 is 0 Å². The molecule has 9 heteroatoms. The molecule has 190 valence electrons. The van der Waals surface area contributed by atoms with Crippen molar-refractivity contribution < 1.29 is 23.7 Å². The third-order valence-corrected chi connectivity index (χ3v) is 6.10. The van der Waals surface area contributed by atoms with Gasteiger partial charge in [-0.05, 0) is 57.4 Å². The summed E-state index contributed by atoms with van der Waals surface area (Å²) in [5.41, 5.74) is 1.33. The van der Waals surface area contributed by atoms with E-state index in [9.17, 15) is 4.79 Å². The molecule has 2 fully saturated rings. The van der Waals surface area contributed by atoms with Gasteiger partial charge in [-0.2, -0.15) is 0 Å². The van der Waals surface area contributed by atoms with Gasteiger partial charge in [0.15, 0.2) is 5.75 Å². The Morgan fingerprint density at radius 3 is 2.63 bits per heavy atom. The molecule has 0 bridgehead atoms. The maximum absolute atomic E-state index is 12.5. The van der Waals surface area contributed by atoms with E-state index in [0.717, 1.165) is 30.5 Å². The second-order valence-electron chi connectivity index (χ2n) is 9.97. The first-order valence-electron chi connectivity index (χ1n) is 12.3. The Balaban J connectivity index is 1.49. The number of hydrogen-bond donors (Lipinski definition) is 1. The fraction of sp³-hybridized carbons (Fsp3) is 0.577. The average Bonchev–Trinajstić information content (AvgIpc) is 3.35. The van der Waals surface area contributed by atoms with Crippen LogP contribution in [-0.4, -0.2) is 72.1 Å². The summed E-state index contributed by atoms with van der Waals surface area (Å²) in [6, 6.07) is 7.83. The molecule has 0 aromatic carbocycles. The number of piperidine rings is 1. The Morgan fingerprint density at radius 2 is 2.00 bits per heavy atom. The van der Waals surface area contributed by atoms with Crippen molar-refractivity contribution in [2.24, 2.45) is 0 Å². The van der Waals surface area contributed by atoms with Crippen molar-refractivity contribution in [3.8, 4) is 11.6 Å². The Hall–Kier alpha value is -2.91. The van der Waals surface area contributed by atoms with Gasteiger partial charge in [0.2, 0.25) is 0 Å². The van der Waals surface area contributed by atoms with Gasteiger partial charge in [-0.25, -0.2) is 9.78 Å². The lowest BCUT2D eigenvalue weighted by molar-refractivity contribution is 0.0196. The summed E-state index contributed by atoms with van der Waals surface area (Å²) in [6.45, 7) is 8.17. The molecule has 1 unspecified atom stereocenters. The van der Waals surface area contributed by atoms with Crippen molar-refractivity contribution in [3.63, 3.8) is 0 Å². The first-order chi connectivity index (χ1) is 16.8. The number of pyridine rings is 2. The summed E-state index contributed by atoms with van der Waals surface area (Å²) in [4.78, 5) is 23.4. The zero-order valence-corrected chi connectivity index (χ0v) is 21.0. The standard InChI is InChI=1S/C26H36N4O5/c1-26(2,3)35-25(31)30-13-9-19(10-14-30)28-23(18-6-5-12-27-16-18)21-7-8-22(32-4)24(29-21)34-20-11-15-33-17-20/h5-8,12,16,19-20,23,28H,9-11,13-15,17H2,1-4H3/t20-,23?/m1/s1. The molecule has 0 spiro atoms. The minimum absolute atomic E-state index is 0.0337. The molecule has 2 atom stereocenters. The fourth-order valence-electron chi connectivity index (χ4n) is 4.30. The highest BCUT2D eigenvalue weighted by atomic mass is 16.6. The highest BCUT2D eigenvalue weighted by Crippen LogP contribution is 2.31. The molecule has 1 amide bonds. The molecule has 0 saturated carbocycles. The molecule has 1 N–H and O–H groups in total. The number of amides is 1. The van der Waals surface area contributed by atoms with Crippen LogP contribution in [0.4, 0.5) is 4.79 Å². The van der Waals surface area contributed by atoms with Crippen molar-refractivity contribution in [2.45, 2.75) is 63.8 Å². The molecule has 2 saturated heterocycles. The molecule has 9 nitrogen and oxygen atoms in total. The Kier molecular flexibility index (Phi) is 8.07.